The van der Waals surface area contributed by atoms with Crippen molar-refractivity contribution in [2.75, 3.05) is 14.1 Å². The fourth-order valence-electron chi connectivity index (χ4n) is 3.01. The van der Waals surface area contributed by atoms with Gasteiger partial charge in [0.1, 0.15) is 12.4 Å². The van der Waals surface area contributed by atoms with Crippen LogP contribution in [-0.4, -0.2) is 24.9 Å². The number of para-hydroxylation sites is 1. The summed E-state index contributed by atoms with van der Waals surface area (Å²) in [6.07, 6.45) is 0. The minimum atomic E-state index is -0.136. The first-order valence-corrected chi connectivity index (χ1v) is 9.39. The number of amides is 1. The monoisotopic (exact) mass is 374 g/mol. The number of benzene rings is 3. The average molecular weight is 374 g/mol. The van der Waals surface area contributed by atoms with Gasteiger partial charge in [-0.2, -0.15) is 0 Å². The van der Waals surface area contributed by atoms with Gasteiger partial charge >= 0.3 is 0 Å². The molecule has 0 bridgehead atoms. The molecule has 4 heteroatoms. The smallest absolute Gasteiger partial charge is 0.255 e. The van der Waals surface area contributed by atoms with E-state index in [1.165, 1.54) is 5.56 Å². The van der Waals surface area contributed by atoms with Crippen LogP contribution >= 0.6 is 0 Å². The van der Waals surface area contributed by atoms with Crippen molar-refractivity contribution < 1.29 is 9.53 Å². The van der Waals surface area contributed by atoms with Gasteiger partial charge in [-0.1, -0.05) is 66.7 Å². The number of nitrogens with one attached hydrogen (secondary N) is 1. The van der Waals surface area contributed by atoms with E-state index in [9.17, 15) is 4.79 Å². The van der Waals surface area contributed by atoms with Gasteiger partial charge < -0.3 is 15.0 Å². The summed E-state index contributed by atoms with van der Waals surface area (Å²) in [7, 11) is 4.07. The molecule has 3 aromatic rings. The summed E-state index contributed by atoms with van der Waals surface area (Å²) in [4.78, 5) is 14.9. The van der Waals surface area contributed by atoms with Crippen molar-refractivity contribution in [3.63, 3.8) is 0 Å². The van der Waals surface area contributed by atoms with E-state index in [0.717, 1.165) is 17.7 Å². The van der Waals surface area contributed by atoms with E-state index in [4.69, 9.17) is 4.74 Å². The minimum absolute atomic E-state index is 0.136. The van der Waals surface area contributed by atoms with E-state index >= 15 is 0 Å². The molecular formula is C24H26N2O2. The molecule has 0 aromatic heterocycles. The highest BCUT2D eigenvalue weighted by Crippen LogP contribution is 2.20. The zero-order valence-corrected chi connectivity index (χ0v) is 16.4. The van der Waals surface area contributed by atoms with Crippen LogP contribution in [0.15, 0.2) is 78.9 Å². The molecule has 144 valence electrons. The lowest BCUT2D eigenvalue weighted by molar-refractivity contribution is 0.0946. The second kappa shape index (κ2) is 9.72. The molecule has 3 aromatic carbocycles. The van der Waals surface area contributed by atoms with Gasteiger partial charge in [-0.15, -0.1) is 0 Å². The third kappa shape index (κ3) is 5.44. The maximum atomic E-state index is 12.8. The average Bonchev–Trinajstić information content (AvgIpc) is 2.72. The molecule has 0 saturated heterocycles. The summed E-state index contributed by atoms with van der Waals surface area (Å²) in [5.74, 6) is 0.453. The first-order valence-electron chi connectivity index (χ1n) is 9.39. The number of hydrogen-bond acceptors (Lipinski definition) is 3. The van der Waals surface area contributed by atoms with Crippen LogP contribution in [-0.2, 0) is 19.7 Å². The quantitative estimate of drug-likeness (QED) is 0.641. The molecule has 28 heavy (non-hydrogen) atoms. The highest BCUT2D eigenvalue weighted by molar-refractivity contribution is 5.96. The highest BCUT2D eigenvalue weighted by atomic mass is 16.5. The zero-order chi connectivity index (χ0) is 19.8. The van der Waals surface area contributed by atoms with E-state index in [0.29, 0.717) is 24.5 Å². The summed E-state index contributed by atoms with van der Waals surface area (Å²) >= 11 is 0. The fourth-order valence-corrected chi connectivity index (χ4v) is 3.01. The van der Waals surface area contributed by atoms with Crippen molar-refractivity contribution >= 4 is 5.91 Å². The number of ether oxygens (including phenoxy) is 1. The zero-order valence-electron chi connectivity index (χ0n) is 16.4. The van der Waals surface area contributed by atoms with Crippen molar-refractivity contribution in [2.45, 2.75) is 19.7 Å². The predicted octanol–water partition coefficient (Wildman–Crippen LogP) is 4.26. The Morgan fingerprint density at radius 2 is 1.50 bits per heavy atom. The van der Waals surface area contributed by atoms with Gasteiger partial charge in [0.15, 0.2) is 0 Å². The molecule has 0 spiro atoms. The number of hydrogen-bond donors (Lipinski definition) is 1. The Balaban J connectivity index is 1.67. The van der Waals surface area contributed by atoms with Gasteiger partial charge in [-0.25, -0.2) is 0 Å². The van der Waals surface area contributed by atoms with Gasteiger partial charge in [-0.3, -0.25) is 4.79 Å². The van der Waals surface area contributed by atoms with Gasteiger partial charge in [0.05, 0.1) is 5.56 Å². The van der Waals surface area contributed by atoms with Gasteiger partial charge in [0, 0.05) is 13.1 Å². The number of rotatable bonds is 8. The largest absolute Gasteiger partial charge is 0.488 e. The Kier molecular flexibility index (Phi) is 6.82. The summed E-state index contributed by atoms with van der Waals surface area (Å²) in [5, 5.41) is 3.03. The molecular weight excluding hydrogens is 348 g/mol. The van der Waals surface area contributed by atoms with Crippen LogP contribution in [0.5, 0.6) is 5.75 Å². The van der Waals surface area contributed by atoms with Crippen LogP contribution in [0.4, 0.5) is 0 Å². The third-order valence-corrected chi connectivity index (χ3v) is 4.41. The molecule has 0 heterocycles. The summed E-state index contributed by atoms with van der Waals surface area (Å²) in [6, 6.07) is 25.5. The predicted molar refractivity (Wildman–Crippen MR) is 112 cm³/mol. The Labute approximate surface area is 166 Å². The van der Waals surface area contributed by atoms with Gasteiger partial charge in [0.25, 0.3) is 5.91 Å². The molecule has 0 unspecified atom stereocenters. The highest BCUT2D eigenvalue weighted by Gasteiger charge is 2.13. The van der Waals surface area contributed by atoms with Crippen LogP contribution < -0.4 is 10.1 Å². The summed E-state index contributed by atoms with van der Waals surface area (Å²) < 4.78 is 5.91. The van der Waals surface area contributed by atoms with Crippen molar-refractivity contribution in [1.82, 2.24) is 10.2 Å². The molecule has 4 nitrogen and oxygen atoms in total. The molecule has 0 aliphatic heterocycles. The second-order valence-electron chi connectivity index (χ2n) is 6.96. The molecule has 0 atom stereocenters. The topological polar surface area (TPSA) is 41.6 Å². The first-order chi connectivity index (χ1) is 13.6. The normalized spacial score (nSPS) is 10.7. The number of carbonyl (C=O) groups excluding carboxylic acids is 1. The molecule has 0 aliphatic carbocycles. The van der Waals surface area contributed by atoms with Crippen LogP contribution in [0.1, 0.15) is 27.0 Å². The maximum Gasteiger partial charge on any atom is 0.255 e. The number of carbonyl (C=O) groups is 1. The van der Waals surface area contributed by atoms with E-state index in [2.05, 4.69) is 22.3 Å². The SMILES string of the molecule is CN(C)Cc1ccccc1CNC(=O)c1ccccc1OCc1ccccc1. The van der Waals surface area contributed by atoms with E-state index in [-0.39, 0.29) is 5.91 Å². The Hall–Kier alpha value is -3.11. The maximum absolute atomic E-state index is 12.8. The summed E-state index contributed by atoms with van der Waals surface area (Å²) in [6.45, 7) is 1.75. The van der Waals surface area contributed by atoms with Gasteiger partial charge in [0.2, 0.25) is 0 Å². The Morgan fingerprint density at radius 3 is 2.25 bits per heavy atom. The summed E-state index contributed by atoms with van der Waals surface area (Å²) in [5.41, 5.74) is 3.94. The van der Waals surface area contributed by atoms with Crippen LogP contribution in [0.3, 0.4) is 0 Å². The van der Waals surface area contributed by atoms with Crippen molar-refractivity contribution in [3.05, 3.63) is 101 Å². The molecule has 0 aliphatic rings. The fraction of sp³-hybridized carbons (Fsp3) is 0.208. The lowest BCUT2D eigenvalue weighted by Gasteiger charge is -2.15. The lowest BCUT2D eigenvalue weighted by atomic mass is 10.1. The Bertz CT molecular complexity index is 907. The molecule has 1 N–H and O–H groups in total. The second-order valence-corrected chi connectivity index (χ2v) is 6.96. The van der Waals surface area contributed by atoms with Crippen LogP contribution in [0.2, 0.25) is 0 Å². The standard InChI is InChI=1S/C24H26N2O2/c1-26(2)17-21-13-7-6-12-20(21)16-25-24(27)22-14-8-9-15-23(22)28-18-19-10-4-3-5-11-19/h3-15H,16-18H2,1-2H3,(H,25,27). The van der Waals surface area contributed by atoms with E-state index < -0.39 is 0 Å². The molecule has 3 rings (SSSR count). The Morgan fingerprint density at radius 1 is 0.857 bits per heavy atom. The van der Waals surface area contributed by atoms with Crippen molar-refractivity contribution in [2.24, 2.45) is 0 Å². The van der Waals surface area contributed by atoms with E-state index in [1.807, 2.05) is 74.8 Å². The van der Waals surface area contributed by atoms with Crippen LogP contribution in [0.25, 0.3) is 0 Å². The first kappa shape index (κ1) is 19.6. The van der Waals surface area contributed by atoms with Crippen LogP contribution in [0, 0.1) is 0 Å². The number of nitrogens with zero attached hydrogens (tertiary/aromatic N) is 1. The van der Waals surface area contributed by atoms with Crippen molar-refractivity contribution in [3.8, 4) is 5.75 Å². The van der Waals surface area contributed by atoms with E-state index in [1.54, 1.807) is 6.07 Å². The van der Waals surface area contributed by atoms with Crippen molar-refractivity contribution in [1.29, 1.82) is 0 Å². The van der Waals surface area contributed by atoms with Gasteiger partial charge in [-0.05, 0) is 42.9 Å². The molecule has 1 amide bonds. The molecule has 0 saturated carbocycles. The minimum Gasteiger partial charge on any atom is -0.488 e. The molecule has 0 radical (unpaired) electrons. The third-order valence-electron chi connectivity index (χ3n) is 4.41. The lowest BCUT2D eigenvalue weighted by Crippen LogP contribution is -2.24. The molecule has 0 fully saturated rings.